The van der Waals surface area contributed by atoms with Crippen molar-refractivity contribution in [1.82, 2.24) is 9.88 Å². The lowest BCUT2D eigenvalue weighted by molar-refractivity contribution is -0.124. The number of hydrogen-bond donors (Lipinski definition) is 0. The average molecular weight is 432 g/mol. The van der Waals surface area contributed by atoms with Crippen molar-refractivity contribution in [3.8, 4) is 0 Å². The predicted molar refractivity (Wildman–Crippen MR) is 108 cm³/mol. The maximum absolute atomic E-state index is 14.0. The van der Waals surface area contributed by atoms with Crippen molar-refractivity contribution in [2.45, 2.75) is 25.7 Å². The highest BCUT2D eigenvalue weighted by atomic mass is 35.5. The summed E-state index contributed by atoms with van der Waals surface area (Å²) in [6.45, 7) is 4.72. The number of hydrogen-bond acceptors (Lipinski definition) is 5. The maximum Gasteiger partial charge on any atom is 0.231 e. The molecule has 1 aromatic heterocycles. The van der Waals surface area contributed by atoms with Gasteiger partial charge in [-0.2, -0.15) is 0 Å². The van der Waals surface area contributed by atoms with Crippen molar-refractivity contribution in [3.05, 3.63) is 23.8 Å². The summed E-state index contributed by atoms with van der Waals surface area (Å²) in [5.41, 5.74) is 0.135. The summed E-state index contributed by atoms with van der Waals surface area (Å²) in [7, 11) is 0. The predicted octanol–water partition coefficient (Wildman–Crippen LogP) is 3.85. The van der Waals surface area contributed by atoms with Crippen LogP contribution in [0.2, 0.25) is 0 Å². The number of morpholine rings is 1. The molecule has 9 heteroatoms. The van der Waals surface area contributed by atoms with E-state index in [0.717, 1.165) is 64.6 Å². The second-order valence-electron chi connectivity index (χ2n) is 7.16. The number of fused-ring (bicyclic) bond motifs is 1. The molecule has 2 heterocycles. The van der Waals surface area contributed by atoms with Gasteiger partial charge in [0.15, 0.2) is 10.9 Å². The van der Waals surface area contributed by atoms with E-state index >= 15 is 0 Å². The molecule has 1 saturated carbocycles. The molecule has 4 rings (SSSR count). The third-order valence-electron chi connectivity index (χ3n) is 5.31. The Hall–Kier alpha value is -1.35. The van der Waals surface area contributed by atoms with Crippen LogP contribution in [-0.2, 0) is 9.53 Å². The summed E-state index contributed by atoms with van der Waals surface area (Å²) >= 11 is 1.18. The third-order valence-corrected chi connectivity index (χ3v) is 6.34. The Morgan fingerprint density at radius 3 is 2.71 bits per heavy atom. The van der Waals surface area contributed by atoms with Crippen LogP contribution in [0.25, 0.3) is 10.2 Å². The highest BCUT2D eigenvalue weighted by Gasteiger charge is 2.31. The topological polar surface area (TPSA) is 45.7 Å². The monoisotopic (exact) mass is 431 g/mol. The molecule has 0 unspecified atom stereocenters. The first kappa shape index (κ1) is 21.4. The van der Waals surface area contributed by atoms with Gasteiger partial charge in [0.1, 0.15) is 11.3 Å². The molecule has 28 heavy (non-hydrogen) atoms. The normalized spacial score (nSPS) is 17.9. The van der Waals surface area contributed by atoms with E-state index in [0.29, 0.717) is 16.4 Å². The van der Waals surface area contributed by atoms with Crippen LogP contribution in [0.5, 0.6) is 0 Å². The number of aromatic nitrogens is 1. The lowest BCUT2D eigenvalue weighted by Crippen LogP contribution is -2.42. The number of thiazole rings is 1. The number of halogens is 3. The number of rotatable bonds is 6. The van der Waals surface area contributed by atoms with E-state index in [-0.39, 0.29) is 29.7 Å². The van der Waals surface area contributed by atoms with Crippen LogP contribution in [0.1, 0.15) is 25.7 Å². The molecule has 1 aromatic carbocycles. The fraction of sp³-hybridized carbons (Fsp3) is 0.579. The lowest BCUT2D eigenvalue weighted by Gasteiger charge is -2.31. The summed E-state index contributed by atoms with van der Waals surface area (Å²) in [5, 5.41) is 0.466. The molecule has 5 nitrogen and oxygen atoms in total. The Morgan fingerprint density at radius 2 is 2.04 bits per heavy atom. The number of amides is 1. The molecule has 0 bridgehead atoms. The second-order valence-corrected chi connectivity index (χ2v) is 8.17. The third kappa shape index (κ3) is 4.62. The van der Waals surface area contributed by atoms with E-state index in [1.165, 1.54) is 17.4 Å². The van der Waals surface area contributed by atoms with Gasteiger partial charge in [-0.25, -0.2) is 13.8 Å². The molecular weight excluding hydrogens is 408 g/mol. The number of anilines is 1. The van der Waals surface area contributed by atoms with Crippen molar-refractivity contribution in [3.63, 3.8) is 0 Å². The summed E-state index contributed by atoms with van der Waals surface area (Å²) in [4.78, 5) is 21.3. The molecule has 2 aromatic rings. The molecular formula is C19H24ClF2N3O2S. The van der Waals surface area contributed by atoms with Gasteiger partial charge >= 0.3 is 0 Å². The number of carbonyl (C=O) groups excluding carboxylic acids is 1. The lowest BCUT2D eigenvalue weighted by atomic mass is 9.84. The quantitative estimate of drug-likeness (QED) is 0.697. The van der Waals surface area contributed by atoms with Crippen molar-refractivity contribution in [2.75, 3.05) is 44.3 Å². The fourth-order valence-electron chi connectivity index (χ4n) is 3.51. The van der Waals surface area contributed by atoms with Gasteiger partial charge in [0, 0.05) is 38.2 Å². The molecule has 2 fully saturated rings. The smallest absolute Gasteiger partial charge is 0.231 e. The molecule has 0 N–H and O–H groups in total. The average Bonchev–Trinajstić information content (AvgIpc) is 3.02. The van der Waals surface area contributed by atoms with Gasteiger partial charge in [0.2, 0.25) is 5.91 Å². The van der Waals surface area contributed by atoms with Crippen LogP contribution in [0, 0.1) is 17.6 Å². The van der Waals surface area contributed by atoms with Crippen molar-refractivity contribution in [1.29, 1.82) is 0 Å². The number of ether oxygens (including phenoxy) is 1. The van der Waals surface area contributed by atoms with E-state index in [1.807, 2.05) is 0 Å². The van der Waals surface area contributed by atoms with E-state index in [1.54, 1.807) is 4.90 Å². The molecule has 1 saturated heterocycles. The van der Waals surface area contributed by atoms with Crippen LogP contribution < -0.4 is 4.90 Å². The summed E-state index contributed by atoms with van der Waals surface area (Å²) < 4.78 is 33.3. The van der Waals surface area contributed by atoms with Crippen molar-refractivity contribution in [2.24, 2.45) is 5.92 Å². The highest BCUT2D eigenvalue weighted by molar-refractivity contribution is 7.22. The van der Waals surface area contributed by atoms with Gasteiger partial charge in [-0.1, -0.05) is 17.8 Å². The Kier molecular flexibility index (Phi) is 7.20. The molecule has 1 amide bonds. The minimum Gasteiger partial charge on any atom is -0.379 e. The van der Waals surface area contributed by atoms with Gasteiger partial charge in [0.25, 0.3) is 0 Å². The van der Waals surface area contributed by atoms with Crippen LogP contribution >= 0.6 is 23.7 Å². The Morgan fingerprint density at radius 1 is 1.29 bits per heavy atom. The summed E-state index contributed by atoms with van der Waals surface area (Å²) in [6.07, 6.45) is 3.67. The van der Waals surface area contributed by atoms with E-state index < -0.39 is 11.6 Å². The first-order chi connectivity index (χ1) is 13.1. The first-order valence-corrected chi connectivity index (χ1v) is 10.3. The maximum atomic E-state index is 14.0. The zero-order valence-corrected chi connectivity index (χ0v) is 17.2. The first-order valence-electron chi connectivity index (χ1n) is 9.49. The van der Waals surface area contributed by atoms with Gasteiger partial charge < -0.3 is 4.74 Å². The largest absolute Gasteiger partial charge is 0.379 e. The Labute approximate surface area is 173 Å². The Balaban J connectivity index is 0.00000225. The van der Waals surface area contributed by atoms with Crippen LogP contribution in [0.3, 0.4) is 0 Å². The van der Waals surface area contributed by atoms with Gasteiger partial charge in [-0.3, -0.25) is 14.6 Å². The van der Waals surface area contributed by atoms with Gasteiger partial charge in [-0.15, -0.1) is 12.4 Å². The SMILES string of the molecule is Cl.O=C(C1CCC1)N(CCCN1CCOCC1)c1nc2c(F)cc(F)cc2s1. The van der Waals surface area contributed by atoms with Crippen LogP contribution in [0.4, 0.5) is 13.9 Å². The number of benzene rings is 1. The molecule has 2 aliphatic rings. The van der Waals surface area contributed by atoms with Gasteiger partial charge in [0.05, 0.1) is 17.9 Å². The standard InChI is InChI=1S/C19H23F2N3O2S.ClH/c20-14-11-15(21)17-16(12-14)27-19(22-17)24(18(25)13-3-1-4-13)6-2-5-23-7-9-26-10-8-23;/h11-13H,1-10H2;1H. The Bertz CT molecular complexity index is 825. The highest BCUT2D eigenvalue weighted by Crippen LogP contribution is 2.35. The van der Waals surface area contributed by atoms with E-state index in [9.17, 15) is 13.6 Å². The fourth-order valence-corrected chi connectivity index (χ4v) is 4.55. The summed E-state index contributed by atoms with van der Waals surface area (Å²) in [6, 6.07) is 2.11. The zero-order chi connectivity index (χ0) is 18.8. The summed E-state index contributed by atoms with van der Waals surface area (Å²) in [5.74, 6) is -1.22. The minimum absolute atomic E-state index is 0. The van der Waals surface area contributed by atoms with Crippen molar-refractivity contribution < 1.29 is 18.3 Å². The zero-order valence-electron chi connectivity index (χ0n) is 15.5. The van der Waals surface area contributed by atoms with Gasteiger partial charge in [-0.05, 0) is 25.3 Å². The van der Waals surface area contributed by atoms with E-state index in [2.05, 4.69) is 9.88 Å². The number of carbonyl (C=O) groups is 1. The molecule has 1 aliphatic heterocycles. The van der Waals surface area contributed by atoms with Crippen LogP contribution in [-0.4, -0.2) is 55.2 Å². The molecule has 154 valence electrons. The molecule has 0 radical (unpaired) electrons. The molecule has 0 atom stereocenters. The van der Waals surface area contributed by atoms with Crippen LogP contribution in [0.15, 0.2) is 12.1 Å². The molecule has 0 spiro atoms. The van der Waals surface area contributed by atoms with Crippen molar-refractivity contribution >= 4 is 45.0 Å². The molecule has 1 aliphatic carbocycles. The minimum atomic E-state index is -0.683. The number of nitrogens with zero attached hydrogens (tertiary/aromatic N) is 3. The van der Waals surface area contributed by atoms with E-state index in [4.69, 9.17) is 4.74 Å². The second kappa shape index (κ2) is 9.43.